The molecule has 0 saturated carbocycles. The van der Waals surface area contributed by atoms with Crippen LogP contribution < -0.4 is 10.5 Å². The van der Waals surface area contributed by atoms with Crippen molar-refractivity contribution in [2.45, 2.75) is 26.1 Å². The third-order valence-electron chi connectivity index (χ3n) is 2.48. The van der Waals surface area contributed by atoms with Gasteiger partial charge < -0.3 is 15.2 Å². The Hall–Kier alpha value is -1.27. The Bertz CT molecular complexity index is 405. The SMILES string of the molecule is Cc1cc([C@H](C)N)ccc1OCCOCC(F)(F)F. The number of aryl methyl sites for hydroxylation is 1. The Morgan fingerprint density at radius 3 is 2.47 bits per heavy atom. The summed E-state index contributed by atoms with van der Waals surface area (Å²) in [4.78, 5) is 0. The summed E-state index contributed by atoms with van der Waals surface area (Å²) in [6, 6.07) is 5.43. The molecule has 0 radical (unpaired) electrons. The second-order valence-electron chi connectivity index (χ2n) is 4.33. The first-order valence-electron chi connectivity index (χ1n) is 5.93. The Kier molecular flexibility index (Phi) is 5.62. The summed E-state index contributed by atoms with van der Waals surface area (Å²) < 4.78 is 45.2. The molecule has 0 bridgehead atoms. The highest BCUT2D eigenvalue weighted by atomic mass is 19.4. The van der Waals surface area contributed by atoms with Gasteiger partial charge in [0.15, 0.2) is 0 Å². The van der Waals surface area contributed by atoms with E-state index in [1.54, 1.807) is 6.07 Å². The molecular formula is C13H18F3NO2. The molecule has 0 heterocycles. The number of benzene rings is 1. The van der Waals surface area contributed by atoms with Gasteiger partial charge in [0.05, 0.1) is 6.61 Å². The fourth-order valence-electron chi connectivity index (χ4n) is 1.52. The van der Waals surface area contributed by atoms with Gasteiger partial charge in [-0.25, -0.2) is 0 Å². The lowest BCUT2D eigenvalue weighted by Crippen LogP contribution is -2.19. The smallest absolute Gasteiger partial charge is 0.411 e. The maximum Gasteiger partial charge on any atom is 0.411 e. The highest BCUT2D eigenvalue weighted by Gasteiger charge is 2.27. The summed E-state index contributed by atoms with van der Waals surface area (Å²) in [6.07, 6.45) is -4.30. The zero-order valence-corrected chi connectivity index (χ0v) is 11.0. The van der Waals surface area contributed by atoms with Crippen LogP contribution in [0.3, 0.4) is 0 Å². The van der Waals surface area contributed by atoms with Crippen molar-refractivity contribution in [1.29, 1.82) is 0 Å². The molecule has 0 amide bonds. The number of rotatable bonds is 6. The normalized spacial score (nSPS) is 13.4. The van der Waals surface area contributed by atoms with Gasteiger partial charge in [0.2, 0.25) is 0 Å². The van der Waals surface area contributed by atoms with Crippen molar-refractivity contribution in [3.05, 3.63) is 29.3 Å². The second-order valence-corrected chi connectivity index (χ2v) is 4.33. The van der Waals surface area contributed by atoms with Crippen LogP contribution in [0, 0.1) is 6.92 Å². The van der Waals surface area contributed by atoms with Crippen molar-refractivity contribution in [2.75, 3.05) is 19.8 Å². The highest BCUT2D eigenvalue weighted by Crippen LogP contribution is 2.21. The van der Waals surface area contributed by atoms with Gasteiger partial charge in [-0.2, -0.15) is 13.2 Å². The second kappa shape index (κ2) is 6.77. The first kappa shape index (κ1) is 15.8. The van der Waals surface area contributed by atoms with Crippen LogP contribution in [0.25, 0.3) is 0 Å². The van der Waals surface area contributed by atoms with Gasteiger partial charge in [-0.1, -0.05) is 12.1 Å². The van der Waals surface area contributed by atoms with Gasteiger partial charge in [-0.15, -0.1) is 0 Å². The Balaban J connectivity index is 2.38. The number of alkyl halides is 3. The molecule has 0 aliphatic rings. The summed E-state index contributed by atoms with van der Waals surface area (Å²) in [5.41, 5.74) is 7.62. The van der Waals surface area contributed by atoms with Crippen molar-refractivity contribution in [3.63, 3.8) is 0 Å². The number of nitrogens with two attached hydrogens (primary N) is 1. The summed E-state index contributed by atoms with van der Waals surface area (Å²) in [7, 11) is 0. The van der Waals surface area contributed by atoms with Crippen molar-refractivity contribution < 1.29 is 22.6 Å². The predicted octanol–water partition coefficient (Wildman–Crippen LogP) is 2.97. The standard InChI is InChI=1S/C13H18F3NO2/c1-9-7-11(10(2)17)3-4-12(9)19-6-5-18-8-13(14,15)16/h3-4,7,10H,5-6,8,17H2,1-2H3/t10-/m0/s1. The molecule has 0 saturated heterocycles. The fraction of sp³-hybridized carbons (Fsp3) is 0.538. The first-order chi connectivity index (χ1) is 8.79. The van der Waals surface area contributed by atoms with Crippen LogP contribution in [0.4, 0.5) is 13.2 Å². The molecule has 108 valence electrons. The molecular weight excluding hydrogens is 259 g/mol. The van der Waals surface area contributed by atoms with Crippen LogP contribution in [0.2, 0.25) is 0 Å². The molecule has 1 aromatic carbocycles. The van der Waals surface area contributed by atoms with Gasteiger partial charge in [0, 0.05) is 6.04 Å². The van der Waals surface area contributed by atoms with E-state index >= 15 is 0 Å². The number of hydrogen-bond acceptors (Lipinski definition) is 3. The van der Waals surface area contributed by atoms with Crippen molar-refractivity contribution in [1.82, 2.24) is 0 Å². The lowest BCUT2D eigenvalue weighted by molar-refractivity contribution is -0.175. The van der Waals surface area contributed by atoms with E-state index in [2.05, 4.69) is 4.74 Å². The van der Waals surface area contributed by atoms with Crippen molar-refractivity contribution >= 4 is 0 Å². The molecule has 3 nitrogen and oxygen atoms in total. The third-order valence-corrected chi connectivity index (χ3v) is 2.48. The minimum atomic E-state index is -4.30. The van der Waals surface area contributed by atoms with E-state index in [1.165, 1.54) is 0 Å². The van der Waals surface area contributed by atoms with Gasteiger partial charge in [-0.3, -0.25) is 0 Å². The molecule has 2 N–H and O–H groups in total. The van der Waals surface area contributed by atoms with Crippen LogP contribution in [-0.4, -0.2) is 26.0 Å². The summed E-state index contributed by atoms with van der Waals surface area (Å²) >= 11 is 0. The van der Waals surface area contributed by atoms with E-state index < -0.39 is 12.8 Å². The highest BCUT2D eigenvalue weighted by molar-refractivity contribution is 5.37. The van der Waals surface area contributed by atoms with Crippen molar-refractivity contribution in [3.8, 4) is 5.75 Å². The Labute approximate surface area is 110 Å². The van der Waals surface area contributed by atoms with E-state index in [-0.39, 0.29) is 19.3 Å². The average Bonchev–Trinajstić information content (AvgIpc) is 2.28. The molecule has 0 aliphatic carbocycles. The summed E-state index contributed by atoms with van der Waals surface area (Å²) in [5.74, 6) is 0.625. The number of ether oxygens (including phenoxy) is 2. The van der Waals surface area contributed by atoms with Crippen LogP contribution in [-0.2, 0) is 4.74 Å². The lowest BCUT2D eigenvalue weighted by Gasteiger charge is -2.13. The monoisotopic (exact) mass is 277 g/mol. The molecule has 1 atom stereocenters. The van der Waals surface area contributed by atoms with E-state index in [4.69, 9.17) is 10.5 Å². The zero-order valence-electron chi connectivity index (χ0n) is 11.0. The summed E-state index contributed by atoms with van der Waals surface area (Å²) in [5, 5.41) is 0. The molecule has 0 spiro atoms. The molecule has 1 aromatic rings. The quantitative estimate of drug-likeness (QED) is 0.813. The fourth-order valence-corrected chi connectivity index (χ4v) is 1.52. The summed E-state index contributed by atoms with van der Waals surface area (Å²) in [6.45, 7) is 2.46. The first-order valence-corrected chi connectivity index (χ1v) is 5.93. The lowest BCUT2D eigenvalue weighted by atomic mass is 10.1. The topological polar surface area (TPSA) is 44.5 Å². The number of hydrogen-bond donors (Lipinski definition) is 1. The molecule has 0 aromatic heterocycles. The molecule has 0 fully saturated rings. The number of halogens is 3. The van der Waals surface area contributed by atoms with Crippen molar-refractivity contribution in [2.24, 2.45) is 5.73 Å². The average molecular weight is 277 g/mol. The van der Waals surface area contributed by atoms with Gasteiger partial charge in [0.1, 0.15) is 19.0 Å². The Morgan fingerprint density at radius 1 is 1.26 bits per heavy atom. The maximum absolute atomic E-state index is 11.8. The molecule has 19 heavy (non-hydrogen) atoms. The van der Waals surface area contributed by atoms with Gasteiger partial charge >= 0.3 is 6.18 Å². The minimum absolute atomic E-state index is 0.0668. The van der Waals surface area contributed by atoms with E-state index in [9.17, 15) is 13.2 Å². The van der Waals surface area contributed by atoms with E-state index in [0.717, 1.165) is 11.1 Å². The molecule has 0 aliphatic heterocycles. The molecule has 1 rings (SSSR count). The van der Waals surface area contributed by atoms with Gasteiger partial charge in [0.25, 0.3) is 0 Å². The predicted molar refractivity (Wildman–Crippen MR) is 66.2 cm³/mol. The maximum atomic E-state index is 11.8. The van der Waals surface area contributed by atoms with Gasteiger partial charge in [-0.05, 0) is 31.0 Å². The molecule has 0 unspecified atom stereocenters. The van der Waals surface area contributed by atoms with E-state index in [1.807, 2.05) is 26.0 Å². The van der Waals surface area contributed by atoms with Crippen LogP contribution in [0.15, 0.2) is 18.2 Å². The van der Waals surface area contributed by atoms with Crippen LogP contribution in [0.5, 0.6) is 5.75 Å². The minimum Gasteiger partial charge on any atom is -0.491 e. The van der Waals surface area contributed by atoms with Crippen LogP contribution in [0.1, 0.15) is 24.1 Å². The third kappa shape index (κ3) is 5.94. The Morgan fingerprint density at radius 2 is 1.95 bits per heavy atom. The largest absolute Gasteiger partial charge is 0.491 e. The van der Waals surface area contributed by atoms with Crippen LogP contribution >= 0.6 is 0 Å². The zero-order chi connectivity index (χ0) is 14.5. The van der Waals surface area contributed by atoms with E-state index in [0.29, 0.717) is 5.75 Å². The molecule has 6 heteroatoms.